The maximum absolute atomic E-state index is 13.8. The third-order valence-electron chi connectivity index (χ3n) is 4.37. The first-order valence-electron chi connectivity index (χ1n) is 8.58. The number of hydrogen-bond acceptors (Lipinski definition) is 4. The Morgan fingerprint density at radius 1 is 1.19 bits per heavy atom. The molecule has 27 heavy (non-hydrogen) atoms. The second kappa shape index (κ2) is 7.41. The number of benzene rings is 1. The predicted octanol–water partition coefficient (Wildman–Crippen LogP) is 4.20. The molecule has 0 radical (unpaired) electrons. The highest BCUT2D eigenvalue weighted by Crippen LogP contribution is 2.25. The minimum Gasteiger partial charge on any atom is -0.354 e. The molecule has 1 N–H and O–H groups in total. The molecule has 0 unspecified atom stereocenters. The fraction of sp³-hybridized carbons (Fsp3) is 0.150. The molecule has 1 aliphatic rings. The summed E-state index contributed by atoms with van der Waals surface area (Å²) >= 11 is 0. The first kappa shape index (κ1) is 17.0. The van der Waals surface area contributed by atoms with Gasteiger partial charge >= 0.3 is 6.03 Å². The van der Waals surface area contributed by atoms with Gasteiger partial charge in [-0.15, -0.1) is 0 Å². The normalized spacial score (nSPS) is 14.0. The van der Waals surface area contributed by atoms with Crippen molar-refractivity contribution in [2.45, 2.75) is 6.42 Å². The lowest BCUT2D eigenvalue weighted by Crippen LogP contribution is -2.38. The summed E-state index contributed by atoms with van der Waals surface area (Å²) in [5.74, 6) is 0.104. The van der Waals surface area contributed by atoms with Crippen LogP contribution in [-0.4, -0.2) is 34.2 Å². The lowest BCUT2D eigenvalue weighted by molar-refractivity contribution is 0.217. The van der Waals surface area contributed by atoms with E-state index in [1.165, 1.54) is 12.1 Å². The van der Waals surface area contributed by atoms with Crippen LogP contribution < -0.4 is 5.32 Å². The topological polar surface area (TPSA) is 71.3 Å². The number of pyridine rings is 1. The molecular weight excluding hydrogens is 347 g/mol. The standard InChI is InChI=1S/C20H17FN4O2/c21-17-6-2-1-5-16(17)18-12-19(24-27-18)23-20(26)25-11-3-4-15(13-25)14-7-9-22-10-8-14/h1-2,4-10,12H,3,11,13H2,(H,23,24,26). The van der Waals surface area contributed by atoms with E-state index in [0.717, 1.165) is 17.6 Å². The summed E-state index contributed by atoms with van der Waals surface area (Å²) in [5.41, 5.74) is 2.42. The average Bonchev–Trinajstić information content (AvgIpc) is 3.17. The largest absolute Gasteiger partial charge is 0.354 e. The molecule has 136 valence electrons. The molecule has 0 fully saturated rings. The van der Waals surface area contributed by atoms with Crippen LogP contribution in [0.5, 0.6) is 0 Å². The van der Waals surface area contributed by atoms with Crippen molar-refractivity contribution in [1.82, 2.24) is 15.0 Å². The smallest absolute Gasteiger partial charge is 0.323 e. The highest BCUT2D eigenvalue weighted by Gasteiger charge is 2.20. The molecule has 1 aliphatic heterocycles. The maximum atomic E-state index is 13.8. The highest BCUT2D eigenvalue weighted by molar-refractivity contribution is 5.90. The van der Waals surface area contributed by atoms with Crippen LogP contribution in [0.25, 0.3) is 16.9 Å². The first-order chi connectivity index (χ1) is 13.2. The van der Waals surface area contributed by atoms with Gasteiger partial charge in [-0.3, -0.25) is 10.3 Å². The van der Waals surface area contributed by atoms with Crippen LogP contribution in [0.2, 0.25) is 0 Å². The van der Waals surface area contributed by atoms with E-state index >= 15 is 0 Å². The SMILES string of the molecule is O=C(Nc1cc(-c2ccccc2F)on1)N1CCC=C(c2ccncc2)C1. The second-order valence-electron chi connectivity index (χ2n) is 6.16. The Labute approximate surface area is 155 Å². The van der Waals surface area contributed by atoms with E-state index in [2.05, 4.69) is 21.5 Å². The molecule has 0 spiro atoms. The molecule has 0 saturated heterocycles. The van der Waals surface area contributed by atoms with Crippen LogP contribution in [0.3, 0.4) is 0 Å². The van der Waals surface area contributed by atoms with Crippen LogP contribution in [0, 0.1) is 5.82 Å². The van der Waals surface area contributed by atoms with E-state index in [4.69, 9.17) is 4.52 Å². The van der Waals surface area contributed by atoms with Crippen molar-refractivity contribution in [3.8, 4) is 11.3 Å². The lowest BCUT2D eigenvalue weighted by Gasteiger charge is -2.27. The first-order valence-corrected chi connectivity index (χ1v) is 8.58. The van der Waals surface area contributed by atoms with Gasteiger partial charge in [-0.05, 0) is 41.8 Å². The lowest BCUT2D eigenvalue weighted by atomic mass is 10.0. The highest BCUT2D eigenvalue weighted by atomic mass is 19.1. The molecule has 0 atom stereocenters. The Balaban J connectivity index is 1.44. The Bertz CT molecular complexity index is 984. The molecule has 7 heteroatoms. The van der Waals surface area contributed by atoms with Crippen molar-refractivity contribution in [3.63, 3.8) is 0 Å². The molecule has 2 aromatic heterocycles. The Morgan fingerprint density at radius 2 is 2.00 bits per heavy atom. The zero-order valence-corrected chi connectivity index (χ0v) is 14.4. The van der Waals surface area contributed by atoms with Crippen molar-refractivity contribution in [2.75, 3.05) is 18.4 Å². The van der Waals surface area contributed by atoms with Crippen molar-refractivity contribution >= 4 is 17.4 Å². The summed E-state index contributed by atoms with van der Waals surface area (Å²) in [6, 6.07) is 11.3. The summed E-state index contributed by atoms with van der Waals surface area (Å²) < 4.78 is 19.0. The van der Waals surface area contributed by atoms with Gasteiger partial charge in [-0.25, -0.2) is 9.18 Å². The molecule has 3 aromatic rings. The van der Waals surface area contributed by atoms with Gasteiger partial charge in [-0.1, -0.05) is 23.4 Å². The van der Waals surface area contributed by atoms with Crippen molar-refractivity contribution in [1.29, 1.82) is 0 Å². The average molecular weight is 364 g/mol. The van der Waals surface area contributed by atoms with Gasteiger partial charge in [-0.2, -0.15) is 0 Å². The molecule has 4 rings (SSSR count). The van der Waals surface area contributed by atoms with Gasteiger partial charge < -0.3 is 9.42 Å². The zero-order chi connectivity index (χ0) is 18.6. The molecule has 6 nitrogen and oxygen atoms in total. The maximum Gasteiger partial charge on any atom is 0.323 e. The van der Waals surface area contributed by atoms with Gasteiger partial charge in [0.2, 0.25) is 0 Å². The molecule has 0 aliphatic carbocycles. The minimum atomic E-state index is -0.408. The summed E-state index contributed by atoms with van der Waals surface area (Å²) in [5, 5.41) is 6.54. The van der Waals surface area contributed by atoms with Gasteiger partial charge in [0, 0.05) is 31.5 Å². The number of nitrogens with one attached hydrogen (secondary N) is 1. The van der Waals surface area contributed by atoms with Crippen molar-refractivity contribution in [2.24, 2.45) is 0 Å². The fourth-order valence-electron chi connectivity index (χ4n) is 3.00. The number of rotatable bonds is 3. The number of carbonyl (C=O) groups excluding carboxylic acids is 1. The van der Waals surface area contributed by atoms with Crippen LogP contribution in [-0.2, 0) is 0 Å². The van der Waals surface area contributed by atoms with Gasteiger partial charge in [0.25, 0.3) is 0 Å². The number of anilines is 1. The number of amides is 2. The zero-order valence-electron chi connectivity index (χ0n) is 14.4. The number of nitrogens with zero attached hydrogens (tertiary/aromatic N) is 3. The Hall–Kier alpha value is -3.48. The van der Waals surface area contributed by atoms with Gasteiger partial charge in [0.05, 0.1) is 5.56 Å². The summed E-state index contributed by atoms with van der Waals surface area (Å²) in [4.78, 5) is 18.3. The number of urea groups is 1. The minimum absolute atomic E-state index is 0.248. The molecule has 2 amide bonds. The third-order valence-corrected chi connectivity index (χ3v) is 4.37. The van der Waals surface area contributed by atoms with E-state index in [0.29, 0.717) is 18.7 Å². The molecule has 1 aromatic carbocycles. The number of halogens is 1. The van der Waals surface area contributed by atoms with E-state index in [9.17, 15) is 9.18 Å². The van der Waals surface area contributed by atoms with Gasteiger partial charge in [0.1, 0.15) is 5.82 Å². The molecule has 0 saturated carbocycles. The quantitative estimate of drug-likeness (QED) is 0.756. The Kier molecular flexibility index (Phi) is 4.65. The number of hydrogen-bond donors (Lipinski definition) is 1. The second-order valence-corrected chi connectivity index (χ2v) is 6.16. The third kappa shape index (κ3) is 3.72. The fourth-order valence-corrected chi connectivity index (χ4v) is 3.00. The summed E-state index contributed by atoms with van der Waals surface area (Å²) in [6.07, 6.45) is 6.36. The monoisotopic (exact) mass is 364 g/mol. The van der Waals surface area contributed by atoms with E-state index in [1.54, 1.807) is 35.5 Å². The van der Waals surface area contributed by atoms with E-state index < -0.39 is 5.82 Å². The molecular formula is C20H17FN4O2. The Morgan fingerprint density at radius 3 is 2.81 bits per heavy atom. The van der Waals surface area contributed by atoms with E-state index in [-0.39, 0.29) is 17.6 Å². The van der Waals surface area contributed by atoms with Crippen molar-refractivity contribution < 1.29 is 13.7 Å². The van der Waals surface area contributed by atoms with Crippen molar-refractivity contribution in [3.05, 3.63) is 72.3 Å². The summed E-state index contributed by atoms with van der Waals surface area (Å²) in [6.45, 7) is 1.10. The summed E-state index contributed by atoms with van der Waals surface area (Å²) in [7, 11) is 0. The molecule has 3 heterocycles. The molecule has 0 bridgehead atoms. The van der Waals surface area contributed by atoms with Crippen LogP contribution in [0.4, 0.5) is 15.0 Å². The number of carbonyl (C=O) groups is 1. The van der Waals surface area contributed by atoms with Crippen LogP contribution in [0.1, 0.15) is 12.0 Å². The van der Waals surface area contributed by atoms with Crippen LogP contribution >= 0.6 is 0 Å². The van der Waals surface area contributed by atoms with E-state index in [1.807, 2.05) is 12.1 Å². The van der Waals surface area contributed by atoms with Gasteiger partial charge in [0.15, 0.2) is 11.6 Å². The number of aromatic nitrogens is 2. The van der Waals surface area contributed by atoms with Crippen LogP contribution in [0.15, 0.2) is 65.5 Å². The predicted molar refractivity (Wildman–Crippen MR) is 99.3 cm³/mol.